The number of morpholine rings is 1. The molecule has 0 amide bonds. The van der Waals surface area contributed by atoms with Gasteiger partial charge in [0.05, 0.1) is 48.4 Å². The van der Waals surface area contributed by atoms with Crippen molar-refractivity contribution in [2.45, 2.75) is 49.8 Å². The van der Waals surface area contributed by atoms with Gasteiger partial charge in [0.1, 0.15) is 4.90 Å². The Labute approximate surface area is 199 Å². The summed E-state index contributed by atoms with van der Waals surface area (Å²) in [6, 6.07) is 1.61. The highest BCUT2D eigenvalue weighted by Crippen LogP contribution is 2.34. The van der Waals surface area contributed by atoms with Crippen LogP contribution in [0.1, 0.15) is 32.2 Å². The number of nitrogens with zero attached hydrogens (tertiary/aromatic N) is 5. The van der Waals surface area contributed by atoms with Crippen LogP contribution in [0.25, 0.3) is 16.3 Å². The van der Waals surface area contributed by atoms with E-state index in [1.807, 2.05) is 13.8 Å². The van der Waals surface area contributed by atoms with Crippen molar-refractivity contribution in [1.82, 2.24) is 24.3 Å². The number of nitrogens with one attached hydrogen (secondary N) is 1. The van der Waals surface area contributed by atoms with E-state index in [9.17, 15) is 17.2 Å². The number of alkyl halides is 2. The maximum atomic E-state index is 13.3. The van der Waals surface area contributed by atoms with Crippen LogP contribution in [-0.2, 0) is 19.5 Å². The maximum absolute atomic E-state index is 13.3. The van der Waals surface area contributed by atoms with Crippen molar-refractivity contribution in [2.24, 2.45) is 0 Å². The number of rotatable bonds is 6. The number of aromatic nitrogens is 4. The minimum absolute atomic E-state index is 0.0211. The van der Waals surface area contributed by atoms with Gasteiger partial charge < -0.3 is 14.4 Å². The molecule has 14 heteroatoms. The van der Waals surface area contributed by atoms with Crippen molar-refractivity contribution >= 4 is 32.6 Å². The summed E-state index contributed by atoms with van der Waals surface area (Å²) in [5, 5.41) is 7.15. The Hall–Kier alpha value is -2.26. The molecule has 1 N–H and O–H groups in total. The molecule has 0 aliphatic carbocycles. The zero-order valence-electron chi connectivity index (χ0n) is 18.7. The van der Waals surface area contributed by atoms with E-state index in [1.54, 1.807) is 23.6 Å². The van der Waals surface area contributed by atoms with Crippen molar-refractivity contribution in [3.8, 4) is 10.8 Å². The molecule has 34 heavy (non-hydrogen) atoms. The van der Waals surface area contributed by atoms with E-state index in [1.165, 1.54) is 6.20 Å². The second-order valence-electron chi connectivity index (χ2n) is 8.97. The molecule has 2 atom stereocenters. The number of imidazole rings is 1. The number of hydrogen-bond acceptors (Lipinski definition) is 9. The summed E-state index contributed by atoms with van der Waals surface area (Å²) >= 11 is 0.721. The fraction of sp³-hybridized carbons (Fsp3) is 0.550. The van der Waals surface area contributed by atoms with E-state index in [0.717, 1.165) is 11.3 Å². The lowest BCUT2D eigenvalue weighted by Crippen LogP contribution is -2.59. The van der Waals surface area contributed by atoms with E-state index in [2.05, 4.69) is 24.8 Å². The number of pyridine rings is 1. The number of hydrogen-bond donors (Lipinski definition) is 1. The molecule has 0 saturated carbocycles. The van der Waals surface area contributed by atoms with Crippen LogP contribution in [0.4, 0.5) is 14.5 Å². The van der Waals surface area contributed by atoms with E-state index in [0.29, 0.717) is 24.3 Å². The molecule has 5 heterocycles. The van der Waals surface area contributed by atoms with E-state index >= 15 is 0 Å². The number of fused-ring (bicyclic) bond motifs is 1. The summed E-state index contributed by atoms with van der Waals surface area (Å²) in [5.74, 6) is 0.241. The van der Waals surface area contributed by atoms with Crippen LogP contribution < -0.4 is 9.62 Å². The van der Waals surface area contributed by atoms with Crippen LogP contribution in [-0.4, -0.2) is 72.0 Å². The zero-order chi connectivity index (χ0) is 24.3. The Bertz CT molecular complexity index is 1310. The first-order valence-electron chi connectivity index (χ1n) is 10.7. The van der Waals surface area contributed by atoms with Gasteiger partial charge in [-0.2, -0.15) is 0 Å². The van der Waals surface area contributed by atoms with Gasteiger partial charge in [0.2, 0.25) is 10.0 Å². The van der Waals surface area contributed by atoms with Gasteiger partial charge in [-0.15, -0.1) is 10.2 Å². The summed E-state index contributed by atoms with van der Waals surface area (Å²) < 4.78 is 68.2. The average molecular weight is 515 g/mol. The largest absolute Gasteiger partial charge is 0.377 e. The summed E-state index contributed by atoms with van der Waals surface area (Å²) in [4.78, 5) is 6.46. The van der Waals surface area contributed by atoms with E-state index in [4.69, 9.17) is 9.47 Å². The number of halogens is 2. The van der Waals surface area contributed by atoms with Crippen molar-refractivity contribution in [3.63, 3.8) is 0 Å². The summed E-state index contributed by atoms with van der Waals surface area (Å²) in [6.45, 7) is 7.33. The number of ether oxygens (including phenoxy) is 2. The lowest BCUT2D eigenvalue weighted by atomic mass is 10.0. The molecule has 0 spiro atoms. The smallest absolute Gasteiger partial charge is 0.291 e. The van der Waals surface area contributed by atoms with Gasteiger partial charge in [0.25, 0.3) is 6.43 Å². The molecule has 0 aromatic carbocycles. The second-order valence-corrected chi connectivity index (χ2v) is 11.7. The molecule has 2 fully saturated rings. The molecule has 0 radical (unpaired) electrons. The fourth-order valence-electron chi connectivity index (χ4n) is 4.25. The fourth-order valence-corrected chi connectivity index (χ4v) is 6.34. The number of anilines is 1. The Kier molecular flexibility index (Phi) is 5.83. The summed E-state index contributed by atoms with van der Waals surface area (Å²) in [5.41, 5.74) is 0.582. The molecule has 0 unspecified atom stereocenters. The highest BCUT2D eigenvalue weighted by atomic mass is 32.2. The lowest BCUT2D eigenvalue weighted by Gasteiger charge is -2.38. The van der Waals surface area contributed by atoms with E-state index in [-0.39, 0.29) is 41.1 Å². The van der Waals surface area contributed by atoms with Crippen LogP contribution in [0.3, 0.4) is 0 Å². The normalized spacial score (nSPS) is 22.9. The third-order valence-electron chi connectivity index (χ3n) is 5.71. The van der Waals surface area contributed by atoms with Crippen molar-refractivity contribution in [3.05, 3.63) is 23.5 Å². The third-order valence-corrected chi connectivity index (χ3v) is 8.24. The van der Waals surface area contributed by atoms with Gasteiger partial charge in [-0.05, 0) is 26.8 Å². The van der Waals surface area contributed by atoms with Gasteiger partial charge in [-0.1, -0.05) is 11.3 Å². The van der Waals surface area contributed by atoms with Crippen molar-refractivity contribution < 1.29 is 26.7 Å². The molecule has 10 nitrogen and oxygen atoms in total. The van der Waals surface area contributed by atoms with Crippen LogP contribution in [0.2, 0.25) is 0 Å². The van der Waals surface area contributed by atoms with Gasteiger partial charge in [0, 0.05) is 19.3 Å². The Morgan fingerprint density at radius 2 is 1.94 bits per heavy atom. The SMILES string of the molecule is C[C@H]1CN(c2cc(S(=O)(=O)NC3(C)COC3)cn3c(-c4nnc(C(F)F)s4)ncc23)C[C@H](C)O1. The topological polar surface area (TPSA) is 111 Å². The van der Waals surface area contributed by atoms with Gasteiger partial charge in [-0.25, -0.2) is 26.9 Å². The summed E-state index contributed by atoms with van der Waals surface area (Å²) in [7, 11) is -3.93. The van der Waals surface area contributed by atoms with Crippen molar-refractivity contribution in [1.29, 1.82) is 0 Å². The van der Waals surface area contributed by atoms with Crippen LogP contribution in [0.15, 0.2) is 23.4 Å². The molecule has 184 valence electrons. The standard InChI is InChI=1S/C20H24F2N6O4S2/c1-11-6-27(7-12(2)32-11)14-4-13(34(29,30)26-20(3)9-31-10-20)8-28-15(14)5-23-17(28)19-25-24-18(33-19)16(21)22/h4-5,8,11-12,16,26H,6-7,9-10H2,1-3H3/t11-,12-/m0/s1. The van der Waals surface area contributed by atoms with Gasteiger partial charge >= 0.3 is 0 Å². The predicted molar refractivity (Wildman–Crippen MR) is 121 cm³/mol. The van der Waals surface area contributed by atoms with Crippen LogP contribution in [0.5, 0.6) is 0 Å². The molecular weight excluding hydrogens is 490 g/mol. The molecule has 0 bridgehead atoms. The lowest BCUT2D eigenvalue weighted by molar-refractivity contribution is -0.0523. The summed E-state index contributed by atoms with van der Waals surface area (Å²) in [6.07, 6.45) is 0.141. The Morgan fingerprint density at radius 1 is 1.24 bits per heavy atom. The highest BCUT2D eigenvalue weighted by Gasteiger charge is 2.38. The molecule has 5 rings (SSSR count). The first kappa shape index (κ1) is 23.5. The minimum atomic E-state index is -3.93. The second kappa shape index (κ2) is 8.45. The first-order valence-corrected chi connectivity index (χ1v) is 13.0. The molecular formula is C20H24F2N6O4S2. The number of sulfonamides is 1. The monoisotopic (exact) mass is 514 g/mol. The van der Waals surface area contributed by atoms with Crippen molar-refractivity contribution in [2.75, 3.05) is 31.2 Å². The molecule has 2 saturated heterocycles. The Morgan fingerprint density at radius 3 is 2.53 bits per heavy atom. The van der Waals surface area contributed by atoms with E-state index < -0.39 is 27.0 Å². The quantitative estimate of drug-likeness (QED) is 0.534. The first-order chi connectivity index (χ1) is 16.0. The maximum Gasteiger partial charge on any atom is 0.291 e. The zero-order valence-corrected chi connectivity index (χ0v) is 20.4. The third kappa shape index (κ3) is 4.28. The van der Waals surface area contributed by atoms with Gasteiger partial charge in [0.15, 0.2) is 15.8 Å². The highest BCUT2D eigenvalue weighted by molar-refractivity contribution is 7.89. The average Bonchev–Trinajstić information content (AvgIpc) is 3.38. The molecule has 3 aromatic heterocycles. The van der Waals surface area contributed by atoms with Crippen LogP contribution >= 0.6 is 11.3 Å². The van der Waals surface area contributed by atoms with Gasteiger partial charge in [-0.3, -0.25) is 4.40 Å². The molecule has 3 aromatic rings. The minimum Gasteiger partial charge on any atom is -0.377 e. The Balaban J connectivity index is 1.65. The predicted octanol–water partition coefficient (Wildman–Crippen LogP) is 2.47. The van der Waals surface area contributed by atoms with Crippen LogP contribution in [0, 0.1) is 0 Å². The molecule has 2 aliphatic heterocycles. The molecule has 2 aliphatic rings.